The molecular formula is C12H23GeO3. The molecule has 6 N–H and O–H groups in total. The maximum absolute atomic E-state index is 2.26. The molecule has 16 heavy (non-hydrogen) atoms. The van der Waals surface area contributed by atoms with E-state index in [9.17, 15) is 0 Å². The van der Waals surface area contributed by atoms with Crippen LogP contribution in [0.4, 0.5) is 0 Å². The van der Waals surface area contributed by atoms with Crippen molar-refractivity contribution in [3.63, 3.8) is 0 Å². The van der Waals surface area contributed by atoms with Crippen LogP contribution in [0.15, 0.2) is 18.2 Å². The van der Waals surface area contributed by atoms with Crippen LogP contribution in [0, 0.1) is 0 Å². The van der Waals surface area contributed by atoms with Gasteiger partial charge in [0.1, 0.15) is 0 Å². The Morgan fingerprint density at radius 1 is 0.812 bits per heavy atom. The Bertz CT molecular complexity index is 272. The second-order valence-corrected chi connectivity index (χ2v) is 5.17. The van der Waals surface area contributed by atoms with Gasteiger partial charge in [-0.05, 0) is 0 Å². The van der Waals surface area contributed by atoms with Crippen molar-refractivity contribution in [2.75, 3.05) is 0 Å². The fourth-order valence-electron chi connectivity index (χ4n) is 1.55. The van der Waals surface area contributed by atoms with Crippen LogP contribution < -0.4 is 4.40 Å². The first kappa shape index (κ1) is 21.0. The number of hydrogen-bond acceptors (Lipinski definition) is 0. The Morgan fingerprint density at radius 3 is 1.38 bits per heavy atom. The topological polar surface area (TPSA) is 94.5 Å². The minimum absolute atomic E-state index is 0. The van der Waals surface area contributed by atoms with Crippen LogP contribution in [0.5, 0.6) is 0 Å². The molecule has 3 radical (unpaired) electrons. The minimum Gasteiger partial charge on any atom is -0.412 e. The van der Waals surface area contributed by atoms with E-state index in [-0.39, 0.29) is 16.4 Å². The molecule has 4 heteroatoms. The molecule has 0 aliphatic carbocycles. The van der Waals surface area contributed by atoms with Crippen LogP contribution in [-0.4, -0.2) is 32.9 Å². The summed E-state index contributed by atoms with van der Waals surface area (Å²) in [5.74, 6) is 1.28. The van der Waals surface area contributed by atoms with E-state index >= 15 is 0 Å². The third-order valence-electron chi connectivity index (χ3n) is 2.37. The normalized spacial score (nSPS) is 9.19. The van der Waals surface area contributed by atoms with Crippen LogP contribution >= 0.6 is 0 Å². The van der Waals surface area contributed by atoms with Gasteiger partial charge in [0.25, 0.3) is 0 Å². The molecule has 0 aliphatic rings. The monoisotopic (exact) mass is 289 g/mol. The average Bonchev–Trinajstić information content (AvgIpc) is 2.03. The van der Waals surface area contributed by atoms with Crippen molar-refractivity contribution >= 4 is 20.9 Å². The van der Waals surface area contributed by atoms with Crippen molar-refractivity contribution in [1.29, 1.82) is 0 Å². The third-order valence-corrected chi connectivity index (χ3v) is 3.58. The summed E-state index contributed by atoms with van der Waals surface area (Å²) < 4.78 is 1.48. The van der Waals surface area contributed by atoms with E-state index in [0.29, 0.717) is 11.8 Å². The fourth-order valence-corrected chi connectivity index (χ4v) is 3.11. The molecule has 1 rings (SSSR count). The first-order valence-corrected chi connectivity index (χ1v) is 5.93. The molecule has 1 aromatic carbocycles. The number of hydrogen-bond donors (Lipinski definition) is 0. The molecule has 1 aromatic rings. The van der Waals surface area contributed by atoms with Gasteiger partial charge in [-0.25, -0.2) is 0 Å². The van der Waals surface area contributed by atoms with Gasteiger partial charge in [-0.2, -0.15) is 0 Å². The maximum atomic E-state index is 2.26. The fraction of sp³-hybridized carbons (Fsp3) is 0.500. The van der Waals surface area contributed by atoms with Crippen LogP contribution in [0.2, 0.25) is 0 Å². The number of benzene rings is 1. The van der Waals surface area contributed by atoms with Gasteiger partial charge in [0.15, 0.2) is 0 Å². The molecule has 0 atom stereocenters. The van der Waals surface area contributed by atoms with Crippen LogP contribution in [0.25, 0.3) is 0 Å². The summed E-state index contributed by atoms with van der Waals surface area (Å²) in [5, 5.41) is 0. The zero-order valence-corrected chi connectivity index (χ0v) is 12.5. The van der Waals surface area contributed by atoms with Crippen LogP contribution in [0.3, 0.4) is 0 Å². The second-order valence-electron chi connectivity index (χ2n) is 4.12. The molecule has 0 saturated carbocycles. The molecule has 0 heterocycles. The van der Waals surface area contributed by atoms with Gasteiger partial charge in [-0.1, -0.05) is 0 Å². The summed E-state index contributed by atoms with van der Waals surface area (Å²) in [6, 6.07) is 6.66. The van der Waals surface area contributed by atoms with E-state index in [1.165, 1.54) is 15.5 Å². The summed E-state index contributed by atoms with van der Waals surface area (Å²) in [6.45, 7) is 9.03. The van der Waals surface area contributed by atoms with Crippen LogP contribution in [-0.2, 0) is 0 Å². The molecule has 0 aliphatic heterocycles. The van der Waals surface area contributed by atoms with E-state index < -0.39 is 0 Å². The van der Waals surface area contributed by atoms with Gasteiger partial charge < -0.3 is 16.4 Å². The zero-order valence-electron chi connectivity index (χ0n) is 10.4. The Labute approximate surface area is 106 Å². The summed E-state index contributed by atoms with van der Waals surface area (Å²) in [4.78, 5) is 0. The molecule has 3 nitrogen and oxygen atoms in total. The number of rotatable bonds is 2. The summed E-state index contributed by atoms with van der Waals surface area (Å²) >= 11 is 2.24. The van der Waals surface area contributed by atoms with E-state index in [1.807, 2.05) is 0 Å². The van der Waals surface area contributed by atoms with Crippen molar-refractivity contribution < 1.29 is 16.4 Å². The van der Waals surface area contributed by atoms with Gasteiger partial charge in [0.05, 0.1) is 0 Å². The largest absolute Gasteiger partial charge is 0.412 e. The van der Waals surface area contributed by atoms with E-state index in [0.717, 1.165) is 0 Å². The molecule has 0 spiro atoms. The average molecular weight is 288 g/mol. The van der Waals surface area contributed by atoms with Crippen molar-refractivity contribution in [2.45, 2.75) is 39.5 Å². The van der Waals surface area contributed by atoms with Gasteiger partial charge >= 0.3 is 89.8 Å². The SMILES string of the molecule is CC(C)c1cccc(C(C)C)[c]1[Ge].O.O.O. The molecular weight excluding hydrogens is 265 g/mol. The van der Waals surface area contributed by atoms with Crippen molar-refractivity contribution in [1.82, 2.24) is 0 Å². The molecule has 0 aromatic heterocycles. The smallest absolute Gasteiger partial charge is 0.412 e. The zero-order chi connectivity index (χ0) is 10.0. The van der Waals surface area contributed by atoms with Gasteiger partial charge in [0.2, 0.25) is 0 Å². The van der Waals surface area contributed by atoms with Crippen molar-refractivity contribution in [3.8, 4) is 0 Å². The molecule has 93 valence electrons. The Morgan fingerprint density at radius 2 is 1.12 bits per heavy atom. The summed E-state index contributed by atoms with van der Waals surface area (Å²) in [7, 11) is 0. The van der Waals surface area contributed by atoms with Gasteiger partial charge in [-0.15, -0.1) is 0 Å². The molecule has 0 bridgehead atoms. The molecule has 0 saturated heterocycles. The van der Waals surface area contributed by atoms with E-state index in [1.54, 1.807) is 0 Å². The van der Waals surface area contributed by atoms with E-state index in [4.69, 9.17) is 0 Å². The first-order valence-electron chi connectivity index (χ1n) is 4.88. The van der Waals surface area contributed by atoms with Gasteiger partial charge in [-0.3, -0.25) is 0 Å². The Balaban J connectivity index is -0.000000563. The maximum Gasteiger partial charge on any atom is -0.412 e. The van der Waals surface area contributed by atoms with Crippen LogP contribution in [0.1, 0.15) is 50.7 Å². The second kappa shape index (κ2) is 8.76. The standard InChI is InChI=1S/C12H17Ge.3H2O/c1-8(2)10-6-5-7-11(9(3)4)12(10)13;;;/h5-9H,1-4H3;3*1H2. The minimum atomic E-state index is 0. The first-order chi connectivity index (χ1) is 6.04. The summed E-state index contributed by atoms with van der Waals surface area (Å²) in [6.07, 6.45) is 0. The summed E-state index contributed by atoms with van der Waals surface area (Å²) in [5.41, 5.74) is 2.98. The molecule has 0 amide bonds. The van der Waals surface area contributed by atoms with Crippen molar-refractivity contribution in [3.05, 3.63) is 29.3 Å². The van der Waals surface area contributed by atoms with Crippen molar-refractivity contribution in [2.24, 2.45) is 0 Å². The predicted molar refractivity (Wildman–Crippen MR) is 70.8 cm³/mol. The van der Waals surface area contributed by atoms with Gasteiger partial charge in [0, 0.05) is 0 Å². The Kier molecular flexibility index (Phi) is 11.5. The quantitative estimate of drug-likeness (QED) is 0.698. The Hall–Kier alpha value is -0.357. The third kappa shape index (κ3) is 4.66. The van der Waals surface area contributed by atoms with E-state index in [2.05, 4.69) is 62.4 Å². The predicted octanol–water partition coefficient (Wildman–Crippen LogP) is 0.253. The molecule has 0 unspecified atom stereocenters. The molecule has 0 fully saturated rings.